The van der Waals surface area contributed by atoms with Gasteiger partial charge in [-0.3, -0.25) is 9.69 Å². The van der Waals surface area contributed by atoms with Gasteiger partial charge in [-0.1, -0.05) is 11.6 Å². The van der Waals surface area contributed by atoms with Crippen LogP contribution in [0.3, 0.4) is 0 Å². The van der Waals surface area contributed by atoms with E-state index in [1.807, 2.05) is 20.8 Å². The summed E-state index contributed by atoms with van der Waals surface area (Å²) in [6.45, 7) is 7.03. The van der Waals surface area contributed by atoms with E-state index in [-0.39, 0.29) is 30.1 Å². The molecule has 0 amide bonds. The Morgan fingerprint density at radius 2 is 2.35 bits per heavy atom. The number of carbonyl (C=O) groups is 1. The van der Waals surface area contributed by atoms with Crippen LogP contribution in [0.25, 0.3) is 0 Å². The molecule has 1 N–H and O–H groups in total. The van der Waals surface area contributed by atoms with Crippen molar-refractivity contribution in [1.29, 1.82) is 0 Å². The summed E-state index contributed by atoms with van der Waals surface area (Å²) in [6.07, 6.45) is -0.249. The molecule has 1 saturated heterocycles. The molecule has 2 atom stereocenters. The van der Waals surface area contributed by atoms with Gasteiger partial charge in [0.1, 0.15) is 0 Å². The highest BCUT2D eigenvalue weighted by molar-refractivity contribution is 7.18. The number of aliphatic hydroxyl groups is 1. The minimum atomic E-state index is -0.368. The highest BCUT2D eigenvalue weighted by Crippen LogP contribution is 2.27. The Morgan fingerprint density at radius 1 is 1.65 bits per heavy atom. The minimum Gasteiger partial charge on any atom is -0.394 e. The standard InChI is InChI=1S/C14H20ClNO3S/c1-9(13(18)11-4-5-12(15)20-11)16-6-10(7-17)19-14(2,3)8-16/h4-5,9-10,17H,6-8H2,1-3H3. The van der Waals surface area contributed by atoms with E-state index < -0.39 is 0 Å². The maximum atomic E-state index is 12.5. The molecule has 0 aliphatic carbocycles. The molecule has 1 aromatic rings. The Hall–Kier alpha value is -0.460. The quantitative estimate of drug-likeness (QED) is 0.867. The largest absolute Gasteiger partial charge is 0.394 e. The average Bonchev–Trinajstić information content (AvgIpc) is 2.81. The van der Waals surface area contributed by atoms with Gasteiger partial charge < -0.3 is 9.84 Å². The summed E-state index contributed by atoms with van der Waals surface area (Å²) in [7, 11) is 0. The van der Waals surface area contributed by atoms with E-state index >= 15 is 0 Å². The zero-order valence-electron chi connectivity index (χ0n) is 11.9. The number of rotatable bonds is 4. The summed E-state index contributed by atoms with van der Waals surface area (Å²) in [4.78, 5) is 15.2. The topological polar surface area (TPSA) is 49.8 Å². The summed E-state index contributed by atoms with van der Waals surface area (Å²) < 4.78 is 6.39. The van der Waals surface area contributed by atoms with E-state index in [9.17, 15) is 9.90 Å². The van der Waals surface area contributed by atoms with Crippen LogP contribution in [-0.4, -0.2) is 53.2 Å². The predicted octanol–water partition coefficient (Wildman–Crippen LogP) is 2.44. The van der Waals surface area contributed by atoms with Crippen LogP contribution in [0.15, 0.2) is 12.1 Å². The molecule has 4 nitrogen and oxygen atoms in total. The van der Waals surface area contributed by atoms with Crippen LogP contribution in [0.5, 0.6) is 0 Å². The SMILES string of the molecule is CC(C(=O)c1ccc(Cl)s1)N1CC(CO)OC(C)(C)C1. The molecular formula is C14H20ClNO3S. The Bertz CT molecular complexity index is 489. The van der Waals surface area contributed by atoms with E-state index in [4.69, 9.17) is 16.3 Å². The van der Waals surface area contributed by atoms with Crippen molar-refractivity contribution < 1.29 is 14.6 Å². The third-order valence-electron chi connectivity index (χ3n) is 3.45. The van der Waals surface area contributed by atoms with Gasteiger partial charge in [0.05, 0.1) is 33.6 Å². The van der Waals surface area contributed by atoms with Crippen molar-refractivity contribution in [2.45, 2.75) is 38.5 Å². The lowest BCUT2D eigenvalue weighted by molar-refractivity contribution is -0.152. The van der Waals surface area contributed by atoms with Gasteiger partial charge in [0, 0.05) is 13.1 Å². The number of hydrogen-bond donors (Lipinski definition) is 1. The normalized spacial score (nSPS) is 24.6. The van der Waals surface area contributed by atoms with Gasteiger partial charge >= 0.3 is 0 Å². The maximum absolute atomic E-state index is 12.5. The molecule has 2 unspecified atom stereocenters. The summed E-state index contributed by atoms with van der Waals surface area (Å²) in [5, 5.41) is 9.33. The number of thiophene rings is 1. The zero-order valence-corrected chi connectivity index (χ0v) is 13.5. The lowest BCUT2D eigenvalue weighted by Gasteiger charge is -2.44. The van der Waals surface area contributed by atoms with Gasteiger partial charge in [-0.25, -0.2) is 0 Å². The lowest BCUT2D eigenvalue weighted by Crippen LogP contribution is -2.57. The Morgan fingerprint density at radius 3 is 2.90 bits per heavy atom. The molecule has 2 rings (SSSR count). The van der Waals surface area contributed by atoms with Gasteiger partial charge in [-0.05, 0) is 32.9 Å². The van der Waals surface area contributed by atoms with E-state index in [2.05, 4.69) is 4.90 Å². The molecule has 112 valence electrons. The van der Waals surface area contributed by atoms with Crippen molar-refractivity contribution in [3.8, 4) is 0 Å². The number of aliphatic hydroxyl groups excluding tert-OH is 1. The number of hydrogen-bond acceptors (Lipinski definition) is 5. The number of carbonyl (C=O) groups excluding carboxylic acids is 1. The number of morpholine rings is 1. The smallest absolute Gasteiger partial charge is 0.189 e. The predicted molar refractivity (Wildman–Crippen MR) is 80.7 cm³/mol. The van der Waals surface area contributed by atoms with Crippen LogP contribution in [0.1, 0.15) is 30.4 Å². The minimum absolute atomic E-state index is 0.0360. The first-order valence-electron chi connectivity index (χ1n) is 6.64. The number of ketones is 1. The van der Waals surface area contributed by atoms with Crippen LogP contribution in [-0.2, 0) is 4.74 Å². The zero-order chi connectivity index (χ0) is 14.9. The number of Topliss-reactive ketones (excluding diaryl/α,β-unsaturated/α-hetero) is 1. The molecule has 0 radical (unpaired) electrons. The second kappa shape index (κ2) is 6.12. The third-order valence-corrected chi connectivity index (χ3v) is 4.70. The fraction of sp³-hybridized carbons (Fsp3) is 0.643. The Kier molecular flexibility index (Phi) is 4.87. The summed E-state index contributed by atoms with van der Waals surface area (Å²) in [5.41, 5.74) is -0.368. The van der Waals surface area contributed by atoms with Gasteiger partial charge in [0.25, 0.3) is 0 Å². The molecule has 1 aliphatic rings. The molecule has 2 heterocycles. The van der Waals surface area contributed by atoms with Gasteiger partial charge in [0.2, 0.25) is 0 Å². The summed E-state index contributed by atoms with van der Waals surface area (Å²) in [5.74, 6) is 0.0660. The molecule has 0 bridgehead atoms. The lowest BCUT2D eigenvalue weighted by atomic mass is 10.0. The highest BCUT2D eigenvalue weighted by atomic mass is 35.5. The molecule has 1 fully saturated rings. The fourth-order valence-electron chi connectivity index (χ4n) is 2.55. The fourth-order valence-corrected chi connectivity index (χ4v) is 3.62. The van der Waals surface area contributed by atoms with E-state index in [1.54, 1.807) is 12.1 Å². The van der Waals surface area contributed by atoms with Crippen LogP contribution < -0.4 is 0 Å². The molecule has 1 aromatic heterocycles. The maximum Gasteiger partial charge on any atom is 0.189 e. The van der Waals surface area contributed by atoms with Crippen molar-refractivity contribution in [1.82, 2.24) is 4.90 Å². The highest BCUT2D eigenvalue weighted by Gasteiger charge is 2.37. The van der Waals surface area contributed by atoms with Crippen molar-refractivity contribution in [2.24, 2.45) is 0 Å². The first-order chi connectivity index (χ1) is 9.32. The van der Waals surface area contributed by atoms with E-state index in [0.29, 0.717) is 22.3 Å². The van der Waals surface area contributed by atoms with Crippen LogP contribution in [0.4, 0.5) is 0 Å². The van der Waals surface area contributed by atoms with Crippen LogP contribution >= 0.6 is 22.9 Å². The van der Waals surface area contributed by atoms with E-state index in [0.717, 1.165) is 0 Å². The summed E-state index contributed by atoms with van der Waals surface area (Å²) in [6, 6.07) is 3.26. The second-order valence-electron chi connectivity index (χ2n) is 5.76. The Labute approximate surface area is 128 Å². The number of nitrogens with zero attached hydrogens (tertiary/aromatic N) is 1. The second-order valence-corrected chi connectivity index (χ2v) is 7.47. The van der Waals surface area contributed by atoms with Gasteiger partial charge in [-0.15, -0.1) is 11.3 Å². The van der Waals surface area contributed by atoms with Crippen molar-refractivity contribution in [3.63, 3.8) is 0 Å². The monoisotopic (exact) mass is 317 g/mol. The molecule has 20 heavy (non-hydrogen) atoms. The summed E-state index contributed by atoms with van der Waals surface area (Å²) >= 11 is 7.19. The van der Waals surface area contributed by atoms with Crippen LogP contribution in [0.2, 0.25) is 4.34 Å². The van der Waals surface area contributed by atoms with E-state index in [1.165, 1.54) is 11.3 Å². The molecular weight excluding hydrogens is 298 g/mol. The molecule has 0 aromatic carbocycles. The first kappa shape index (κ1) is 15.9. The molecule has 1 aliphatic heterocycles. The molecule has 0 spiro atoms. The van der Waals surface area contributed by atoms with Crippen molar-refractivity contribution >= 4 is 28.7 Å². The van der Waals surface area contributed by atoms with Gasteiger partial charge in [-0.2, -0.15) is 0 Å². The molecule has 6 heteroatoms. The van der Waals surface area contributed by atoms with Gasteiger partial charge in [0.15, 0.2) is 5.78 Å². The molecule has 0 saturated carbocycles. The number of halogens is 1. The number of ether oxygens (including phenoxy) is 1. The van der Waals surface area contributed by atoms with Crippen LogP contribution in [0, 0.1) is 0 Å². The van der Waals surface area contributed by atoms with Crippen molar-refractivity contribution in [3.05, 3.63) is 21.3 Å². The Balaban J connectivity index is 2.11. The first-order valence-corrected chi connectivity index (χ1v) is 7.84. The average molecular weight is 318 g/mol. The third kappa shape index (κ3) is 3.59. The van der Waals surface area contributed by atoms with Crippen molar-refractivity contribution in [2.75, 3.05) is 19.7 Å².